The highest BCUT2D eigenvalue weighted by molar-refractivity contribution is 9.10. The van der Waals surface area contributed by atoms with Crippen molar-refractivity contribution in [2.75, 3.05) is 0 Å². The number of nitro groups is 1. The first-order valence-corrected chi connectivity index (χ1v) is 3.89. The van der Waals surface area contributed by atoms with Crippen molar-refractivity contribution in [3.63, 3.8) is 0 Å². The van der Waals surface area contributed by atoms with Gasteiger partial charge in [-0.1, -0.05) is 0 Å². The number of hydrogen-bond acceptors (Lipinski definition) is 3. The Morgan fingerprint density at radius 1 is 1.62 bits per heavy atom. The van der Waals surface area contributed by atoms with E-state index in [0.717, 1.165) is 6.07 Å². The second kappa shape index (κ2) is 3.49. The summed E-state index contributed by atoms with van der Waals surface area (Å²) in [7, 11) is 0. The van der Waals surface area contributed by atoms with Crippen LogP contribution in [0.5, 0.6) is 0 Å². The van der Waals surface area contributed by atoms with E-state index < -0.39 is 16.4 Å². The molecule has 0 bridgehead atoms. The first-order valence-electron chi connectivity index (χ1n) is 3.10. The van der Waals surface area contributed by atoms with Gasteiger partial charge in [-0.25, -0.2) is 0 Å². The van der Waals surface area contributed by atoms with Crippen LogP contribution in [0.4, 0.5) is 10.1 Å². The number of hydrogen-bond donors (Lipinski definition) is 0. The fourth-order valence-corrected chi connectivity index (χ4v) is 1.35. The fourth-order valence-electron chi connectivity index (χ4n) is 0.795. The van der Waals surface area contributed by atoms with Crippen molar-refractivity contribution in [3.05, 3.63) is 38.1 Å². The van der Waals surface area contributed by atoms with Gasteiger partial charge in [-0.2, -0.15) is 9.65 Å². The molecular formula is C7H2BrFN2O2. The van der Waals surface area contributed by atoms with Crippen molar-refractivity contribution in [3.8, 4) is 6.07 Å². The van der Waals surface area contributed by atoms with Crippen LogP contribution in [0.3, 0.4) is 0 Å². The van der Waals surface area contributed by atoms with Crippen LogP contribution in [0.15, 0.2) is 16.6 Å². The van der Waals surface area contributed by atoms with Gasteiger partial charge in [-0.15, -0.1) is 0 Å². The van der Waals surface area contributed by atoms with Gasteiger partial charge in [-0.3, -0.25) is 10.1 Å². The van der Waals surface area contributed by atoms with Gasteiger partial charge in [0.25, 0.3) is 0 Å². The molecule has 0 radical (unpaired) electrons. The van der Waals surface area contributed by atoms with Gasteiger partial charge in [0.2, 0.25) is 5.82 Å². The monoisotopic (exact) mass is 244 g/mol. The smallest absolute Gasteiger partial charge is 0.258 e. The molecule has 1 rings (SSSR count). The topological polar surface area (TPSA) is 66.9 Å². The highest BCUT2D eigenvalue weighted by Gasteiger charge is 2.21. The van der Waals surface area contributed by atoms with E-state index in [2.05, 4.69) is 15.9 Å². The molecule has 0 aliphatic carbocycles. The number of nitrogens with zero attached hydrogens (tertiary/aromatic N) is 2. The molecule has 0 spiro atoms. The summed E-state index contributed by atoms with van der Waals surface area (Å²) in [4.78, 5) is 9.46. The molecule has 0 heterocycles. The third-order valence-electron chi connectivity index (χ3n) is 1.37. The minimum Gasteiger partial charge on any atom is -0.258 e. The molecule has 6 heteroatoms. The molecule has 0 aliphatic heterocycles. The molecule has 4 nitrogen and oxygen atoms in total. The Kier molecular flexibility index (Phi) is 2.58. The number of nitro benzene ring substituents is 1. The summed E-state index contributed by atoms with van der Waals surface area (Å²) < 4.78 is 12.7. The Hall–Kier alpha value is -1.48. The van der Waals surface area contributed by atoms with Crippen molar-refractivity contribution >= 4 is 21.6 Å². The Labute approximate surface area is 80.9 Å². The quantitative estimate of drug-likeness (QED) is 0.563. The van der Waals surface area contributed by atoms with Gasteiger partial charge in [-0.05, 0) is 28.1 Å². The molecule has 0 saturated carbocycles. The summed E-state index contributed by atoms with van der Waals surface area (Å²) in [6, 6.07) is 3.76. The molecule has 66 valence electrons. The molecule has 0 aromatic heterocycles. The van der Waals surface area contributed by atoms with E-state index in [1.165, 1.54) is 6.07 Å². The Morgan fingerprint density at radius 2 is 2.23 bits per heavy atom. The SMILES string of the molecule is N#Cc1ccc(F)c([N+](=O)[O-])c1Br. The lowest BCUT2D eigenvalue weighted by Crippen LogP contribution is -1.95. The second-order valence-electron chi connectivity index (χ2n) is 2.13. The van der Waals surface area contributed by atoms with Crippen LogP contribution in [0.2, 0.25) is 0 Å². The molecule has 0 saturated heterocycles. The summed E-state index contributed by atoms with van der Waals surface area (Å²) in [5, 5.41) is 18.8. The average Bonchev–Trinajstić information content (AvgIpc) is 2.04. The van der Waals surface area contributed by atoms with Crippen LogP contribution < -0.4 is 0 Å². The first-order chi connectivity index (χ1) is 6.07. The van der Waals surface area contributed by atoms with Crippen molar-refractivity contribution in [2.45, 2.75) is 0 Å². The molecule has 1 aromatic carbocycles. The average molecular weight is 245 g/mol. The van der Waals surface area contributed by atoms with E-state index in [0.29, 0.717) is 0 Å². The van der Waals surface area contributed by atoms with Gasteiger partial charge >= 0.3 is 5.69 Å². The zero-order chi connectivity index (χ0) is 10.0. The van der Waals surface area contributed by atoms with Gasteiger partial charge in [0, 0.05) is 0 Å². The zero-order valence-corrected chi connectivity index (χ0v) is 7.71. The maximum Gasteiger partial charge on any atom is 0.320 e. The van der Waals surface area contributed by atoms with Gasteiger partial charge in [0.1, 0.15) is 10.5 Å². The maximum absolute atomic E-state index is 12.8. The number of benzene rings is 1. The van der Waals surface area contributed by atoms with Crippen molar-refractivity contribution in [1.29, 1.82) is 5.26 Å². The zero-order valence-electron chi connectivity index (χ0n) is 6.12. The Morgan fingerprint density at radius 3 is 2.69 bits per heavy atom. The molecular weight excluding hydrogens is 243 g/mol. The lowest BCUT2D eigenvalue weighted by Gasteiger charge is -1.97. The fraction of sp³-hybridized carbons (Fsp3) is 0. The van der Waals surface area contributed by atoms with Crippen LogP contribution in [0, 0.1) is 27.3 Å². The first kappa shape index (κ1) is 9.61. The van der Waals surface area contributed by atoms with Gasteiger partial charge in [0.15, 0.2) is 0 Å². The molecule has 0 N–H and O–H groups in total. The third kappa shape index (κ3) is 1.65. The summed E-state index contributed by atoms with van der Waals surface area (Å²) in [5.74, 6) is -0.962. The van der Waals surface area contributed by atoms with E-state index in [-0.39, 0.29) is 10.0 Å². The minimum absolute atomic E-state index is 0.0353. The van der Waals surface area contributed by atoms with Crippen LogP contribution in [-0.2, 0) is 0 Å². The van der Waals surface area contributed by atoms with Crippen LogP contribution in [0.25, 0.3) is 0 Å². The lowest BCUT2D eigenvalue weighted by molar-refractivity contribution is -0.388. The van der Waals surface area contributed by atoms with Crippen molar-refractivity contribution < 1.29 is 9.31 Å². The summed E-state index contributed by atoms with van der Waals surface area (Å²) >= 11 is 2.79. The van der Waals surface area contributed by atoms with Crippen LogP contribution >= 0.6 is 15.9 Å². The van der Waals surface area contributed by atoms with E-state index in [1.807, 2.05) is 0 Å². The predicted molar refractivity (Wildman–Crippen MR) is 45.5 cm³/mol. The minimum atomic E-state index is -0.962. The third-order valence-corrected chi connectivity index (χ3v) is 2.17. The van der Waals surface area contributed by atoms with E-state index in [9.17, 15) is 14.5 Å². The Bertz CT molecular complexity index is 414. The molecule has 0 unspecified atom stereocenters. The van der Waals surface area contributed by atoms with Gasteiger partial charge in [0.05, 0.1) is 10.5 Å². The highest BCUT2D eigenvalue weighted by atomic mass is 79.9. The number of nitriles is 1. The lowest BCUT2D eigenvalue weighted by atomic mass is 10.2. The Balaban J connectivity index is 3.50. The molecule has 0 atom stereocenters. The maximum atomic E-state index is 12.8. The van der Waals surface area contributed by atoms with E-state index >= 15 is 0 Å². The van der Waals surface area contributed by atoms with Crippen molar-refractivity contribution in [1.82, 2.24) is 0 Å². The van der Waals surface area contributed by atoms with Crippen molar-refractivity contribution in [2.24, 2.45) is 0 Å². The summed E-state index contributed by atoms with van der Waals surface area (Å²) in [6.07, 6.45) is 0. The molecule has 0 aliphatic rings. The standard InChI is InChI=1S/C7H2BrFN2O2/c8-6-4(3-10)1-2-5(9)7(6)11(12)13/h1-2H. The highest BCUT2D eigenvalue weighted by Crippen LogP contribution is 2.30. The van der Waals surface area contributed by atoms with Crippen LogP contribution in [-0.4, -0.2) is 4.92 Å². The number of halogens is 2. The number of rotatable bonds is 1. The second-order valence-corrected chi connectivity index (χ2v) is 2.92. The van der Waals surface area contributed by atoms with Gasteiger partial charge < -0.3 is 0 Å². The summed E-state index contributed by atoms with van der Waals surface area (Å²) in [6.45, 7) is 0. The van der Waals surface area contributed by atoms with E-state index in [1.54, 1.807) is 6.07 Å². The molecule has 0 fully saturated rings. The molecule has 1 aromatic rings. The molecule has 0 amide bonds. The van der Waals surface area contributed by atoms with E-state index in [4.69, 9.17) is 5.26 Å². The predicted octanol–water partition coefficient (Wildman–Crippen LogP) is 2.37. The molecule has 13 heavy (non-hydrogen) atoms. The largest absolute Gasteiger partial charge is 0.320 e. The summed E-state index contributed by atoms with van der Waals surface area (Å²) in [5.41, 5.74) is -0.674. The normalized spacial score (nSPS) is 9.31. The van der Waals surface area contributed by atoms with Crippen LogP contribution in [0.1, 0.15) is 5.56 Å².